The van der Waals surface area contributed by atoms with Gasteiger partial charge < -0.3 is 19.3 Å². The Bertz CT molecular complexity index is 1110. The fraction of sp³-hybridized carbons (Fsp3) is 0.848. The van der Waals surface area contributed by atoms with Gasteiger partial charge in [-0.2, -0.15) is 0 Å². The molecule has 0 saturated heterocycles. The highest BCUT2D eigenvalue weighted by Gasteiger charge is 2.70. The van der Waals surface area contributed by atoms with E-state index in [1.807, 2.05) is 6.92 Å². The Kier molecular flexibility index (Phi) is 7.28. The van der Waals surface area contributed by atoms with Crippen molar-refractivity contribution in [2.75, 3.05) is 0 Å². The molecule has 0 spiro atoms. The second kappa shape index (κ2) is 9.84. The van der Waals surface area contributed by atoms with Gasteiger partial charge in [0.1, 0.15) is 18.3 Å². The van der Waals surface area contributed by atoms with Crippen LogP contribution in [0.4, 0.5) is 0 Å². The smallest absolute Gasteiger partial charge is 0.335 e. The number of fused-ring (bicyclic) bond motifs is 6. The summed E-state index contributed by atoms with van der Waals surface area (Å²) < 4.78 is 17.9. The molecule has 3 saturated carbocycles. The molecule has 5 rings (SSSR count). The van der Waals surface area contributed by atoms with E-state index >= 15 is 0 Å². The molecule has 224 valence electrons. The van der Waals surface area contributed by atoms with Gasteiger partial charge in [0, 0.05) is 23.3 Å². The largest absolute Gasteiger partial charge is 0.462 e. The maximum absolute atomic E-state index is 13.4. The second-order valence-corrected chi connectivity index (χ2v) is 14.9. The van der Waals surface area contributed by atoms with Crippen LogP contribution in [0.3, 0.4) is 0 Å². The van der Waals surface area contributed by atoms with E-state index in [1.54, 1.807) is 6.92 Å². The lowest BCUT2D eigenvalue weighted by Gasteiger charge is -2.70. The van der Waals surface area contributed by atoms with Crippen LogP contribution in [-0.4, -0.2) is 47.4 Å². The van der Waals surface area contributed by atoms with Gasteiger partial charge in [-0.3, -0.25) is 9.59 Å². The number of rotatable bonds is 5. The minimum Gasteiger partial charge on any atom is -0.462 e. The van der Waals surface area contributed by atoms with Gasteiger partial charge in [-0.15, -0.1) is 0 Å². The van der Waals surface area contributed by atoms with Crippen molar-refractivity contribution < 1.29 is 33.7 Å². The van der Waals surface area contributed by atoms with Crippen LogP contribution in [-0.2, 0) is 28.6 Å². The van der Waals surface area contributed by atoms with E-state index in [1.165, 1.54) is 6.92 Å². The highest BCUT2D eigenvalue weighted by molar-refractivity contribution is 5.94. The van der Waals surface area contributed by atoms with Crippen molar-refractivity contribution in [1.82, 2.24) is 0 Å². The Morgan fingerprint density at radius 3 is 2.35 bits per heavy atom. The third-order valence-corrected chi connectivity index (χ3v) is 12.8. The molecular formula is C33H50O7. The zero-order valence-corrected chi connectivity index (χ0v) is 25.8. The Labute approximate surface area is 239 Å². The summed E-state index contributed by atoms with van der Waals surface area (Å²) in [6.07, 6.45) is 5.97. The van der Waals surface area contributed by atoms with E-state index in [9.17, 15) is 19.5 Å². The molecular weight excluding hydrogens is 508 g/mol. The van der Waals surface area contributed by atoms with E-state index in [0.717, 1.165) is 56.1 Å². The summed E-state index contributed by atoms with van der Waals surface area (Å²) in [6.45, 7) is 16.4. The fourth-order valence-electron chi connectivity index (χ4n) is 11.0. The van der Waals surface area contributed by atoms with Crippen molar-refractivity contribution in [1.29, 1.82) is 0 Å². The molecule has 40 heavy (non-hydrogen) atoms. The molecule has 1 heterocycles. The first-order chi connectivity index (χ1) is 18.6. The standard InChI is InChI=1S/C33H50O7/c1-18(34)16-27(36)40-26-17-25-31(6)14-9-13-30(5,20(3)39-21(4)35)23(31)12-15-32(25,7)24-11-10-22-19(2)38-29(37)28(22)33(24,26)8/h18-20,23-26,34H,9-17H2,1-8H3/t18-,19-,20-,23+,24+,25-,26+,30-,31+,32+,33-/m1/s1. The monoisotopic (exact) mass is 558 g/mol. The summed E-state index contributed by atoms with van der Waals surface area (Å²) in [7, 11) is 0. The number of hydrogen-bond acceptors (Lipinski definition) is 7. The molecule has 4 aliphatic carbocycles. The summed E-state index contributed by atoms with van der Waals surface area (Å²) in [4.78, 5) is 38.5. The molecule has 0 unspecified atom stereocenters. The average Bonchev–Trinajstić information content (AvgIpc) is 3.13. The third kappa shape index (κ3) is 4.19. The van der Waals surface area contributed by atoms with Crippen LogP contribution in [0.25, 0.3) is 0 Å². The molecule has 11 atom stereocenters. The molecule has 1 aliphatic heterocycles. The van der Waals surface area contributed by atoms with E-state index in [0.29, 0.717) is 12.3 Å². The first-order valence-electron chi connectivity index (χ1n) is 15.6. The van der Waals surface area contributed by atoms with Crippen LogP contribution in [0.5, 0.6) is 0 Å². The lowest BCUT2D eigenvalue weighted by molar-refractivity contribution is -0.237. The third-order valence-electron chi connectivity index (χ3n) is 12.8. The number of ether oxygens (including phenoxy) is 3. The zero-order chi connectivity index (χ0) is 29.4. The molecule has 3 fully saturated rings. The summed E-state index contributed by atoms with van der Waals surface area (Å²) in [6, 6.07) is 0. The molecule has 7 heteroatoms. The van der Waals surface area contributed by atoms with Crippen molar-refractivity contribution in [3.05, 3.63) is 11.1 Å². The number of hydrogen-bond donors (Lipinski definition) is 1. The predicted octanol–water partition coefficient (Wildman–Crippen LogP) is 5.91. The first-order valence-corrected chi connectivity index (χ1v) is 15.6. The van der Waals surface area contributed by atoms with Crippen LogP contribution in [0.1, 0.15) is 113 Å². The van der Waals surface area contributed by atoms with E-state index in [4.69, 9.17) is 14.2 Å². The van der Waals surface area contributed by atoms with Crippen molar-refractivity contribution >= 4 is 17.9 Å². The van der Waals surface area contributed by atoms with Crippen LogP contribution in [0, 0.1) is 39.4 Å². The van der Waals surface area contributed by atoms with Crippen LogP contribution < -0.4 is 0 Å². The van der Waals surface area contributed by atoms with Gasteiger partial charge >= 0.3 is 17.9 Å². The Balaban J connectivity index is 1.59. The number of cyclic esters (lactones) is 1. The number of esters is 3. The summed E-state index contributed by atoms with van der Waals surface area (Å²) in [5.74, 6) is -0.0870. The molecule has 5 aliphatic rings. The van der Waals surface area contributed by atoms with Gasteiger partial charge in [-0.05, 0) is 99.9 Å². The Hall–Kier alpha value is -1.89. The van der Waals surface area contributed by atoms with Gasteiger partial charge in [0.15, 0.2) is 0 Å². The highest BCUT2D eigenvalue weighted by Crippen LogP contribution is 2.74. The Morgan fingerprint density at radius 1 is 1.02 bits per heavy atom. The molecule has 0 radical (unpaired) electrons. The molecule has 0 amide bonds. The normalized spacial score (nSPS) is 45.7. The van der Waals surface area contributed by atoms with E-state index in [-0.39, 0.29) is 58.6 Å². The van der Waals surface area contributed by atoms with Gasteiger partial charge in [0.2, 0.25) is 0 Å². The van der Waals surface area contributed by atoms with Crippen LogP contribution >= 0.6 is 0 Å². The Morgan fingerprint density at radius 2 is 1.70 bits per heavy atom. The maximum Gasteiger partial charge on any atom is 0.335 e. The topological polar surface area (TPSA) is 99.1 Å². The molecule has 0 bridgehead atoms. The average molecular weight is 559 g/mol. The van der Waals surface area contributed by atoms with Crippen molar-refractivity contribution in [3.8, 4) is 0 Å². The lowest BCUT2D eigenvalue weighted by atomic mass is 9.34. The second-order valence-electron chi connectivity index (χ2n) is 14.9. The van der Waals surface area contributed by atoms with Gasteiger partial charge in [0.25, 0.3) is 0 Å². The van der Waals surface area contributed by atoms with Gasteiger partial charge in [-0.25, -0.2) is 4.79 Å². The van der Waals surface area contributed by atoms with Crippen molar-refractivity contribution in [2.45, 2.75) is 138 Å². The number of aliphatic hydroxyl groups is 1. The summed E-state index contributed by atoms with van der Waals surface area (Å²) in [5.41, 5.74) is 0.981. The summed E-state index contributed by atoms with van der Waals surface area (Å²) in [5, 5.41) is 9.95. The van der Waals surface area contributed by atoms with Crippen LogP contribution in [0.15, 0.2) is 11.1 Å². The van der Waals surface area contributed by atoms with E-state index in [2.05, 4.69) is 34.6 Å². The molecule has 0 aromatic carbocycles. The minimum atomic E-state index is -0.791. The predicted molar refractivity (Wildman–Crippen MR) is 150 cm³/mol. The fourth-order valence-corrected chi connectivity index (χ4v) is 11.0. The molecule has 0 aromatic rings. The van der Waals surface area contributed by atoms with Crippen LogP contribution in [0.2, 0.25) is 0 Å². The zero-order valence-electron chi connectivity index (χ0n) is 25.8. The summed E-state index contributed by atoms with van der Waals surface area (Å²) >= 11 is 0. The number of carbonyl (C=O) groups is 3. The SMILES string of the molecule is CC(=O)O[C@H](C)[C@@]1(C)CCC[C@@]2(C)[C@H]1CC[C@]1(C)[C@@H]2C[C@H](OC(=O)C[C@@H](C)O)[C@]2(C)C3=C(CC[C@@H]12)[C@@H](C)OC3=O. The van der Waals surface area contributed by atoms with Gasteiger partial charge in [0.05, 0.1) is 12.5 Å². The highest BCUT2D eigenvalue weighted by atomic mass is 16.6. The molecule has 7 nitrogen and oxygen atoms in total. The maximum atomic E-state index is 13.4. The molecule has 0 aromatic heterocycles. The minimum absolute atomic E-state index is 0.0250. The number of carbonyl (C=O) groups excluding carboxylic acids is 3. The lowest BCUT2D eigenvalue weighted by Crippen LogP contribution is -2.67. The van der Waals surface area contributed by atoms with E-state index < -0.39 is 23.6 Å². The van der Waals surface area contributed by atoms with Crippen molar-refractivity contribution in [3.63, 3.8) is 0 Å². The quantitative estimate of drug-likeness (QED) is 0.331. The van der Waals surface area contributed by atoms with Crippen molar-refractivity contribution in [2.24, 2.45) is 39.4 Å². The molecule has 1 N–H and O–H groups in total. The first kappa shape index (κ1) is 29.6. The number of aliphatic hydroxyl groups excluding tert-OH is 1. The van der Waals surface area contributed by atoms with Gasteiger partial charge in [-0.1, -0.05) is 34.1 Å².